The van der Waals surface area contributed by atoms with E-state index in [1.165, 1.54) is 0 Å². The van der Waals surface area contributed by atoms with Gasteiger partial charge in [-0.15, -0.1) is 0 Å². The van der Waals surface area contributed by atoms with Gasteiger partial charge in [0.05, 0.1) is 6.61 Å². The summed E-state index contributed by atoms with van der Waals surface area (Å²) >= 11 is 0. The Morgan fingerprint density at radius 1 is 1.53 bits per heavy atom. The molecule has 5 heteroatoms. The van der Waals surface area contributed by atoms with Crippen LogP contribution in [0.25, 0.3) is 0 Å². The fraction of sp³-hybridized carbons (Fsp3) is 0.900. The smallest absolute Gasteiger partial charge is 0.248 e. The van der Waals surface area contributed by atoms with Crippen LogP contribution in [0.5, 0.6) is 0 Å². The standard InChI is InChI=1S/C10H21N3O2/c1-9-7-13(5-4-12(9)2)10(14)8-15-6-3-11/h9H,3-8,11H2,1-2H3. The van der Waals surface area contributed by atoms with Crippen LogP contribution in [0.15, 0.2) is 0 Å². The molecule has 1 rings (SSSR count). The van der Waals surface area contributed by atoms with Crippen LogP contribution in [0.2, 0.25) is 0 Å². The molecule has 0 saturated carbocycles. The highest BCUT2D eigenvalue weighted by Crippen LogP contribution is 2.06. The second kappa shape index (κ2) is 6.05. The number of nitrogens with zero attached hydrogens (tertiary/aromatic N) is 2. The summed E-state index contributed by atoms with van der Waals surface area (Å²) in [5, 5.41) is 0. The molecular formula is C10H21N3O2. The minimum absolute atomic E-state index is 0.0726. The van der Waals surface area contributed by atoms with Crippen molar-refractivity contribution in [2.75, 3.05) is 46.4 Å². The molecule has 1 saturated heterocycles. The molecule has 1 heterocycles. The van der Waals surface area contributed by atoms with Crippen LogP contribution >= 0.6 is 0 Å². The summed E-state index contributed by atoms with van der Waals surface area (Å²) in [6.45, 7) is 5.73. The van der Waals surface area contributed by atoms with Gasteiger partial charge in [-0.3, -0.25) is 4.79 Å². The van der Waals surface area contributed by atoms with E-state index in [0.29, 0.717) is 19.2 Å². The Morgan fingerprint density at radius 3 is 2.87 bits per heavy atom. The number of amides is 1. The van der Waals surface area contributed by atoms with Crippen LogP contribution in [-0.2, 0) is 9.53 Å². The molecule has 0 aromatic rings. The van der Waals surface area contributed by atoms with Gasteiger partial charge in [-0.2, -0.15) is 0 Å². The van der Waals surface area contributed by atoms with Gasteiger partial charge in [-0.05, 0) is 14.0 Å². The quantitative estimate of drug-likeness (QED) is 0.619. The first-order chi connectivity index (χ1) is 7.15. The van der Waals surface area contributed by atoms with Crippen LogP contribution in [0.1, 0.15) is 6.92 Å². The summed E-state index contributed by atoms with van der Waals surface area (Å²) in [6.07, 6.45) is 0. The molecule has 0 aromatic carbocycles. The molecule has 0 spiro atoms. The van der Waals surface area contributed by atoms with Crippen molar-refractivity contribution in [3.8, 4) is 0 Å². The summed E-state index contributed by atoms with van der Waals surface area (Å²) < 4.78 is 5.13. The lowest BCUT2D eigenvalue weighted by Gasteiger charge is -2.37. The molecule has 15 heavy (non-hydrogen) atoms. The zero-order valence-corrected chi connectivity index (χ0v) is 9.61. The zero-order valence-electron chi connectivity index (χ0n) is 9.61. The maximum Gasteiger partial charge on any atom is 0.248 e. The average Bonchev–Trinajstić information content (AvgIpc) is 2.22. The maximum atomic E-state index is 11.7. The molecule has 5 nitrogen and oxygen atoms in total. The highest BCUT2D eigenvalue weighted by atomic mass is 16.5. The lowest BCUT2D eigenvalue weighted by molar-refractivity contribution is -0.138. The van der Waals surface area contributed by atoms with E-state index in [4.69, 9.17) is 10.5 Å². The Hall–Kier alpha value is -0.650. The highest BCUT2D eigenvalue weighted by Gasteiger charge is 2.23. The lowest BCUT2D eigenvalue weighted by Crippen LogP contribution is -2.52. The molecule has 1 amide bonds. The van der Waals surface area contributed by atoms with Crippen LogP contribution in [-0.4, -0.2) is 68.2 Å². The molecular weight excluding hydrogens is 194 g/mol. The second-order valence-electron chi connectivity index (χ2n) is 4.01. The summed E-state index contributed by atoms with van der Waals surface area (Å²) in [5.74, 6) is 0.0726. The summed E-state index contributed by atoms with van der Waals surface area (Å²) in [5.41, 5.74) is 5.28. The molecule has 2 N–H and O–H groups in total. The van der Waals surface area contributed by atoms with Gasteiger partial charge in [-0.1, -0.05) is 0 Å². The van der Waals surface area contributed by atoms with E-state index < -0.39 is 0 Å². The monoisotopic (exact) mass is 215 g/mol. The van der Waals surface area contributed by atoms with Gasteiger partial charge in [0.15, 0.2) is 0 Å². The number of nitrogens with two attached hydrogens (primary N) is 1. The van der Waals surface area contributed by atoms with Crippen LogP contribution in [0, 0.1) is 0 Å². The third-order valence-corrected chi connectivity index (χ3v) is 2.80. The fourth-order valence-electron chi connectivity index (χ4n) is 1.61. The molecule has 1 aliphatic heterocycles. The van der Waals surface area contributed by atoms with Crippen molar-refractivity contribution in [2.45, 2.75) is 13.0 Å². The first-order valence-corrected chi connectivity index (χ1v) is 5.41. The summed E-state index contributed by atoms with van der Waals surface area (Å²) in [4.78, 5) is 15.8. The Balaban J connectivity index is 2.28. The van der Waals surface area contributed by atoms with Crippen molar-refractivity contribution in [3.05, 3.63) is 0 Å². The topological polar surface area (TPSA) is 58.8 Å². The maximum absolute atomic E-state index is 11.7. The predicted octanol–water partition coefficient (Wildman–Crippen LogP) is -0.876. The largest absolute Gasteiger partial charge is 0.370 e. The summed E-state index contributed by atoms with van der Waals surface area (Å²) in [6, 6.07) is 0.428. The highest BCUT2D eigenvalue weighted by molar-refractivity contribution is 5.77. The molecule has 0 radical (unpaired) electrons. The third kappa shape index (κ3) is 3.77. The van der Waals surface area contributed by atoms with E-state index in [2.05, 4.69) is 18.9 Å². The molecule has 0 aliphatic carbocycles. The Morgan fingerprint density at radius 2 is 2.27 bits per heavy atom. The molecule has 1 fully saturated rings. The normalized spacial score (nSPS) is 23.1. The number of likely N-dealkylation sites (N-methyl/N-ethyl adjacent to an activating group) is 1. The Labute approximate surface area is 91.2 Å². The molecule has 1 unspecified atom stereocenters. The third-order valence-electron chi connectivity index (χ3n) is 2.80. The van der Waals surface area contributed by atoms with Gasteiger partial charge >= 0.3 is 0 Å². The Bertz CT molecular complexity index is 211. The number of carbonyl (C=O) groups is 1. The van der Waals surface area contributed by atoms with Gasteiger partial charge in [0.2, 0.25) is 5.91 Å². The van der Waals surface area contributed by atoms with Crippen molar-refractivity contribution < 1.29 is 9.53 Å². The van der Waals surface area contributed by atoms with Crippen molar-refractivity contribution in [2.24, 2.45) is 5.73 Å². The van der Waals surface area contributed by atoms with E-state index >= 15 is 0 Å². The molecule has 88 valence electrons. The van der Waals surface area contributed by atoms with E-state index in [1.807, 2.05) is 4.90 Å². The van der Waals surface area contributed by atoms with Gasteiger partial charge < -0.3 is 20.3 Å². The van der Waals surface area contributed by atoms with E-state index in [0.717, 1.165) is 19.6 Å². The number of rotatable bonds is 4. The van der Waals surface area contributed by atoms with Crippen molar-refractivity contribution in [3.63, 3.8) is 0 Å². The summed E-state index contributed by atoms with van der Waals surface area (Å²) in [7, 11) is 2.08. The van der Waals surface area contributed by atoms with Gasteiger partial charge in [-0.25, -0.2) is 0 Å². The van der Waals surface area contributed by atoms with Crippen molar-refractivity contribution in [1.29, 1.82) is 0 Å². The van der Waals surface area contributed by atoms with Crippen LogP contribution < -0.4 is 5.73 Å². The number of hydrogen-bond acceptors (Lipinski definition) is 4. The molecule has 0 aromatic heterocycles. The van der Waals surface area contributed by atoms with Crippen molar-refractivity contribution >= 4 is 5.91 Å². The zero-order chi connectivity index (χ0) is 11.3. The minimum Gasteiger partial charge on any atom is -0.370 e. The second-order valence-corrected chi connectivity index (χ2v) is 4.01. The first kappa shape index (κ1) is 12.4. The molecule has 0 bridgehead atoms. The SMILES string of the molecule is CC1CN(C(=O)COCCN)CCN1C. The van der Waals surface area contributed by atoms with Crippen molar-refractivity contribution in [1.82, 2.24) is 9.80 Å². The number of ether oxygens (including phenoxy) is 1. The van der Waals surface area contributed by atoms with Gasteiger partial charge in [0.25, 0.3) is 0 Å². The minimum atomic E-state index is 0.0726. The van der Waals surface area contributed by atoms with Crippen LogP contribution in [0.3, 0.4) is 0 Å². The fourth-order valence-corrected chi connectivity index (χ4v) is 1.61. The predicted molar refractivity (Wildman–Crippen MR) is 58.5 cm³/mol. The van der Waals surface area contributed by atoms with Crippen LogP contribution in [0.4, 0.5) is 0 Å². The van der Waals surface area contributed by atoms with Gasteiger partial charge in [0.1, 0.15) is 6.61 Å². The lowest BCUT2D eigenvalue weighted by atomic mass is 10.2. The van der Waals surface area contributed by atoms with Gasteiger partial charge in [0, 0.05) is 32.2 Å². The molecule has 1 aliphatic rings. The number of hydrogen-bond donors (Lipinski definition) is 1. The van der Waals surface area contributed by atoms with E-state index in [9.17, 15) is 4.79 Å². The number of piperazine rings is 1. The average molecular weight is 215 g/mol. The molecule has 1 atom stereocenters. The Kier molecular flexibility index (Phi) is 5.01. The van der Waals surface area contributed by atoms with E-state index in [1.54, 1.807) is 0 Å². The number of carbonyl (C=O) groups excluding carboxylic acids is 1. The van der Waals surface area contributed by atoms with E-state index in [-0.39, 0.29) is 12.5 Å². The first-order valence-electron chi connectivity index (χ1n) is 5.41.